The fourth-order valence-electron chi connectivity index (χ4n) is 3.45. The van der Waals surface area contributed by atoms with Crippen molar-refractivity contribution in [3.05, 3.63) is 53.9 Å². The summed E-state index contributed by atoms with van der Waals surface area (Å²) in [6.45, 7) is 4.16. The second kappa shape index (κ2) is 8.47. The van der Waals surface area contributed by atoms with Crippen molar-refractivity contribution in [3.8, 4) is 0 Å². The summed E-state index contributed by atoms with van der Waals surface area (Å²) in [6, 6.07) is 9.99. The van der Waals surface area contributed by atoms with E-state index >= 15 is 0 Å². The van der Waals surface area contributed by atoms with Crippen LogP contribution in [0.15, 0.2) is 42.7 Å². The molecule has 6 nitrogen and oxygen atoms in total. The van der Waals surface area contributed by atoms with Crippen LogP contribution >= 0.6 is 0 Å². The molecular weight excluding hydrogens is 330 g/mol. The number of aliphatic hydroxyl groups excluding tert-OH is 1. The summed E-state index contributed by atoms with van der Waals surface area (Å²) < 4.78 is 7.80. The van der Waals surface area contributed by atoms with Gasteiger partial charge in [0.25, 0.3) is 0 Å². The van der Waals surface area contributed by atoms with E-state index in [0.717, 1.165) is 18.5 Å². The molecule has 1 fully saturated rings. The Morgan fingerprint density at radius 3 is 2.92 bits per heavy atom. The maximum absolute atomic E-state index is 12.6. The average molecular weight is 357 g/mol. The van der Waals surface area contributed by atoms with E-state index in [1.807, 2.05) is 34.0 Å². The highest BCUT2D eigenvalue weighted by Crippen LogP contribution is 2.25. The molecule has 1 unspecified atom stereocenters. The van der Waals surface area contributed by atoms with Crippen molar-refractivity contribution < 1.29 is 14.6 Å². The lowest BCUT2D eigenvalue weighted by Gasteiger charge is -2.42. The van der Waals surface area contributed by atoms with Crippen LogP contribution in [0.4, 0.5) is 0 Å². The standard InChI is InChI=1S/C20H27N3O3/c1-17-6-2-3-7-18(17)14-20(16-24)15-22(12-13-26-20)19(25)8-4-10-23-11-5-9-21-23/h2-3,5-7,9,11,24H,4,8,10,12-16H2,1H3. The van der Waals surface area contributed by atoms with Gasteiger partial charge >= 0.3 is 0 Å². The van der Waals surface area contributed by atoms with Crippen LogP contribution in [-0.4, -0.2) is 57.6 Å². The molecule has 1 aromatic carbocycles. The Hall–Kier alpha value is -2.18. The molecule has 3 rings (SSSR count). The predicted octanol–water partition coefficient (Wildman–Crippen LogP) is 1.80. The number of ether oxygens (including phenoxy) is 1. The number of carbonyl (C=O) groups is 1. The lowest BCUT2D eigenvalue weighted by atomic mass is 9.91. The summed E-state index contributed by atoms with van der Waals surface area (Å²) in [5, 5.41) is 14.2. The van der Waals surface area contributed by atoms with Crippen molar-refractivity contribution in [2.45, 2.75) is 38.3 Å². The molecule has 2 aromatic rings. The summed E-state index contributed by atoms with van der Waals surface area (Å²) in [5.74, 6) is 0.114. The first-order valence-electron chi connectivity index (χ1n) is 9.16. The van der Waals surface area contributed by atoms with Crippen LogP contribution in [0.2, 0.25) is 0 Å². The monoisotopic (exact) mass is 357 g/mol. The van der Waals surface area contributed by atoms with Gasteiger partial charge in [-0.2, -0.15) is 5.10 Å². The van der Waals surface area contributed by atoms with Crippen LogP contribution in [0, 0.1) is 6.92 Å². The summed E-state index contributed by atoms with van der Waals surface area (Å²) in [7, 11) is 0. The Balaban J connectivity index is 1.59. The van der Waals surface area contributed by atoms with Gasteiger partial charge in [-0.1, -0.05) is 24.3 Å². The van der Waals surface area contributed by atoms with E-state index in [2.05, 4.69) is 24.2 Å². The molecule has 0 radical (unpaired) electrons. The molecule has 140 valence electrons. The smallest absolute Gasteiger partial charge is 0.222 e. The minimum Gasteiger partial charge on any atom is -0.393 e. The van der Waals surface area contributed by atoms with Crippen molar-refractivity contribution in [3.63, 3.8) is 0 Å². The first-order valence-corrected chi connectivity index (χ1v) is 9.16. The minimum atomic E-state index is -0.720. The zero-order valence-electron chi connectivity index (χ0n) is 15.3. The second-order valence-corrected chi connectivity index (χ2v) is 6.98. The Morgan fingerprint density at radius 2 is 2.19 bits per heavy atom. The fourth-order valence-corrected chi connectivity index (χ4v) is 3.45. The molecule has 0 aliphatic carbocycles. The molecule has 1 aliphatic heterocycles. The quantitative estimate of drug-likeness (QED) is 0.821. The Kier molecular flexibility index (Phi) is 6.06. The third-order valence-electron chi connectivity index (χ3n) is 5.00. The number of amides is 1. The molecule has 1 atom stereocenters. The number of aryl methyl sites for hydroxylation is 2. The van der Waals surface area contributed by atoms with Gasteiger partial charge in [0.1, 0.15) is 5.60 Å². The summed E-state index contributed by atoms with van der Waals surface area (Å²) in [6.07, 6.45) is 5.48. The molecule has 26 heavy (non-hydrogen) atoms. The highest BCUT2D eigenvalue weighted by atomic mass is 16.5. The summed E-state index contributed by atoms with van der Waals surface area (Å²) in [4.78, 5) is 14.4. The molecule has 2 heterocycles. The van der Waals surface area contributed by atoms with Crippen LogP contribution in [-0.2, 0) is 22.5 Å². The normalized spacial score (nSPS) is 20.3. The van der Waals surface area contributed by atoms with Crippen LogP contribution in [0.25, 0.3) is 0 Å². The molecule has 1 aliphatic rings. The molecule has 0 spiro atoms. The van der Waals surface area contributed by atoms with Gasteiger partial charge in [0, 0.05) is 38.3 Å². The lowest BCUT2D eigenvalue weighted by molar-refractivity contribution is -0.158. The maximum atomic E-state index is 12.6. The van der Waals surface area contributed by atoms with Gasteiger partial charge in [-0.25, -0.2) is 0 Å². The van der Waals surface area contributed by atoms with E-state index in [9.17, 15) is 9.90 Å². The van der Waals surface area contributed by atoms with Gasteiger partial charge in [-0.3, -0.25) is 9.48 Å². The molecule has 0 bridgehead atoms. The van der Waals surface area contributed by atoms with E-state index in [0.29, 0.717) is 32.5 Å². The Bertz CT molecular complexity index is 717. The van der Waals surface area contributed by atoms with Gasteiger partial charge in [0.05, 0.1) is 19.8 Å². The topological polar surface area (TPSA) is 67.6 Å². The number of morpholine rings is 1. The molecular formula is C20H27N3O3. The summed E-state index contributed by atoms with van der Waals surface area (Å²) >= 11 is 0. The van der Waals surface area contributed by atoms with Gasteiger partial charge in [-0.15, -0.1) is 0 Å². The van der Waals surface area contributed by atoms with E-state index in [-0.39, 0.29) is 12.5 Å². The van der Waals surface area contributed by atoms with Gasteiger partial charge in [0.2, 0.25) is 5.91 Å². The summed E-state index contributed by atoms with van der Waals surface area (Å²) in [5.41, 5.74) is 1.60. The van der Waals surface area contributed by atoms with Crippen LogP contribution in [0.5, 0.6) is 0 Å². The molecule has 0 saturated carbocycles. The number of benzene rings is 1. The van der Waals surface area contributed by atoms with E-state index in [1.54, 1.807) is 6.20 Å². The Morgan fingerprint density at radius 1 is 1.35 bits per heavy atom. The van der Waals surface area contributed by atoms with Crippen molar-refractivity contribution >= 4 is 5.91 Å². The molecule has 6 heteroatoms. The fraction of sp³-hybridized carbons (Fsp3) is 0.500. The van der Waals surface area contributed by atoms with Crippen molar-refractivity contribution in [1.29, 1.82) is 0 Å². The molecule has 1 aromatic heterocycles. The second-order valence-electron chi connectivity index (χ2n) is 6.98. The zero-order chi connectivity index (χ0) is 18.4. The molecule has 1 saturated heterocycles. The number of rotatable bonds is 7. The van der Waals surface area contributed by atoms with Crippen LogP contribution in [0.3, 0.4) is 0 Å². The number of hydrogen-bond acceptors (Lipinski definition) is 4. The van der Waals surface area contributed by atoms with Crippen LogP contribution in [0.1, 0.15) is 24.0 Å². The number of aliphatic hydroxyl groups is 1. The predicted molar refractivity (Wildman–Crippen MR) is 98.7 cm³/mol. The first kappa shape index (κ1) is 18.6. The van der Waals surface area contributed by atoms with Crippen molar-refractivity contribution in [2.75, 3.05) is 26.3 Å². The van der Waals surface area contributed by atoms with Gasteiger partial charge in [-0.05, 0) is 30.5 Å². The number of nitrogens with zero attached hydrogens (tertiary/aromatic N) is 3. The number of hydrogen-bond donors (Lipinski definition) is 1. The van der Waals surface area contributed by atoms with Crippen molar-refractivity contribution in [2.24, 2.45) is 0 Å². The van der Waals surface area contributed by atoms with E-state index < -0.39 is 5.60 Å². The van der Waals surface area contributed by atoms with Crippen molar-refractivity contribution in [1.82, 2.24) is 14.7 Å². The van der Waals surface area contributed by atoms with Gasteiger partial charge in [0.15, 0.2) is 0 Å². The SMILES string of the molecule is Cc1ccccc1CC1(CO)CN(C(=O)CCCn2cccn2)CCO1. The lowest BCUT2D eigenvalue weighted by Crippen LogP contribution is -2.56. The largest absolute Gasteiger partial charge is 0.393 e. The first-order chi connectivity index (χ1) is 12.6. The zero-order valence-corrected chi connectivity index (χ0v) is 15.3. The molecule has 1 N–H and O–H groups in total. The average Bonchev–Trinajstić information content (AvgIpc) is 3.17. The number of aromatic nitrogens is 2. The maximum Gasteiger partial charge on any atom is 0.222 e. The molecule has 1 amide bonds. The highest BCUT2D eigenvalue weighted by Gasteiger charge is 2.38. The minimum absolute atomic E-state index is 0.0988. The van der Waals surface area contributed by atoms with E-state index in [1.165, 1.54) is 5.56 Å². The Labute approximate surface area is 154 Å². The third-order valence-corrected chi connectivity index (χ3v) is 5.00. The van der Waals surface area contributed by atoms with E-state index in [4.69, 9.17) is 4.74 Å². The third kappa shape index (κ3) is 4.51. The van der Waals surface area contributed by atoms with Crippen LogP contribution < -0.4 is 0 Å². The number of carbonyl (C=O) groups excluding carboxylic acids is 1. The highest BCUT2D eigenvalue weighted by molar-refractivity contribution is 5.76. The van der Waals surface area contributed by atoms with Gasteiger partial charge < -0.3 is 14.7 Å².